The second-order valence-corrected chi connectivity index (χ2v) is 4.06. The zero-order valence-electron chi connectivity index (χ0n) is 10.7. The molecule has 0 aliphatic rings. The van der Waals surface area contributed by atoms with Crippen molar-refractivity contribution in [1.82, 2.24) is 4.98 Å². The molecule has 2 aromatic rings. The molecule has 0 fully saturated rings. The number of nitrogens with zero attached hydrogens (tertiary/aromatic N) is 2. The Hall–Kier alpha value is -2.63. The number of nitrogens with one attached hydrogen (secondary N) is 2. The number of benzene rings is 1. The maximum absolute atomic E-state index is 11.0. The summed E-state index contributed by atoms with van der Waals surface area (Å²) in [7, 11) is 1.71. The lowest BCUT2D eigenvalue weighted by Crippen LogP contribution is -2.02. The van der Waals surface area contributed by atoms with Crippen LogP contribution in [-0.2, 0) is 0 Å². The van der Waals surface area contributed by atoms with Crippen LogP contribution in [0.1, 0.15) is 5.56 Å². The van der Waals surface area contributed by atoms with Crippen LogP contribution in [0.15, 0.2) is 36.4 Å². The monoisotopic (exact) mass is 258 g/mol. The SMILES string of the molecule is CNc1ccc([N+](=O)[O-])c(Nc2ccc(C)cc2)n1. The van der Waals surface area contributed by atoms with Crippen LogP contribution in [0.5, 0.6) is 0 Å². The molecule has 0 spiro atoms. The predicted octanol–water partition coefficient (Wildman–Crippen LogP) is 3.08. The Morgan fingerprint density at radius 2 is 1.84 bits per heavy atom. The number of aryl methyl sites for hydroxylation is 1. The Kier molecular flexibility index (Phi) is 3.61. The third-order valence-electron chi connectivity index (χ3n) is 2.64. The van der Waals surface area contributed by atoms with Gasteiger partial charge in [-0.2, -0.15) is 0 Å². The normalized spacial score (nSPS) is 10.0. The zero-order valence-corrected chi connectivity index (χ0v) is 10.7. The van der Waals surface area contributed by atoms with Gasteiger partial charge >= 0.3 is 5.69 Å². The van der Waals surface area contributed by atoms with E-state index in [1.807, 2.05) is 31.2 Å². The molecule has 98 valence electrons. The van der Waals surface area contributed by atoms with Crippen molar-refractivity contribution < 1.29 is 4.92 Å². The van der Waals surface area contributed by atoms with E-state index < -0.39 is 4.92 Å². The van der Waals surface area contributed by atoms with E-state index in [9.17, 15) is 10.1 Å². The minimum absolute atomic E-state index is 0.0559. The summed E-state index contributed by atoms with van der Waals surface area (Å²) >= 11 is 0. The molecule has 0 bridgehead atoms. The van der Waals surface area contributed by atoms with Crippen LogP contribution in [0.2, 0.25) is 0 Å². The molecule has 19 heavy (non-hydrogen) atoms. The number of rotatable bonds is 4. The van der Waals surface area contributed by atoms with Gasteiger partial charge in [0.1, 0.15) is 5.82 Å². The van der Waals surface area contributed by atoms with Crippen molar-refractivity contribution in [2.24, 2.45) is 0 Å². The van der Waals surface area contributed by atoms with Crippen LogP contribution >= 0.6 is 0 Å². The van der Waals surface area contributed by atoms with Gasteiger partial charge in [-0.05, 0) is 25.1 Å². The molecule has 0 amide bonds. The molecule has 0 radical (unpaired) electrons. The molecule has 0 saturated heterocycles. The number of aromatic nitrogens is 1. The van der Waals surface area contributed by atoms with Crippen LogP contribution in [-0.4, -0.2) is 17.0 Å². The van der Waals surface area contributed by atoms with Crippen molar-refractivity contribution in [1.29, 1.82) is 0 Å². The van der Waals surface area contributed by atoms with Gasteiger partial charge in [0.2, 0.25) is 5.82 Å². The highest BCUT2D eigenvalue weighted by molar-refractivity contribution is 5.67. The first-order valence-corrected chi connectivity index (χ1v) is 5.77. The maximum Gasteiger partial charge on any atom is 0.311 e. The zero-order chi connectivity index (χ0) is 13.8. The minimum atomic E-state index is -0.455. The molecule has 0 aliphatic carbocycles. The third-order valence-corrected chi connectivity index (χ3v) is 2.64. The molecule has 0 aliphatic heterocycles. The van der Waals surface area contributed by atoms with Crippen LogP contribution in [0.4, 0.5) is 23.0 Å². The molecule has 6 nitrogen and oxygen atoms in total. The quantitative estimate of drug-likeness (QED) is 0.650. The summed E-state index contributed by atoms with van der Waals surface area (Å²) in [6.45, 7) is 1.98. The molecular formula is C13H14N4O2. The Morgan fingerprint density at radius 3 is 2.42 bits per heavy atom. The van der Waals surface area contributed by atoms with Gasteiger partial charge < -0.3 is 10.6 Å². The van der Waals surface area contributed by atoms with E-state index in [4.69, 9.17) is 0 Å². The Morgan fingerprint density at radius 1 is 1.16 bits per heavy atom. The average Bonchev–Trinajstić information content (AvgIpc) is 2.41. The van der Waals surface area contributed by atoms with E-state index in [0.717, 1.165) is 11.3 Å². The number of anilines is 3. The Bertz CT molecular complexity index is 596. The molecule has 1 aromatic heterocycles. The van der Waals surface area contributed by atoms with Crippen LogP contribution in [0, 0.1) is 17.0 Å². The van der Waals surface area contributed by atoms with E-state index >= 15 is 0 Å². The lowest BCUT2D eigenvalue weighted by atomic mass is 10.2. The highest BCUT2D eigenvalue weighted by atomic mass is 16.6. The lowest BCUT2D eigenvalue weighted by molar-refractivity contribution is -0.384. The summed E-state index contributed by atoms with van der Waals surface area (Å²) in [5, 5.41) is 16.8. The number of hydrogen-bond donors (Lipinski definition) is 2. The lowest BCUT2D eigenvalue weighted by Gasteiger charge is -2.08. The number of pyridine rings is 1. The Balaban J connectivity index is 2.36. The van der Waals surface area contributed by atoms with Gasteiger partial charge in [0.15, 0.2) is 0 Å². The van der Waals surface area contributed by atoms with Crippen molar-refractivity contribution in [3.05, 3.63) is 52.1 Å². The van der Waals surface area contributed by atoms with Crippen molar-refractivity contribution >= 4 is 23.0 Å². The van der Waals surface area contributed by atoms with Gasteiger partial charge in [0, 0.05) is 18.8 Å². The van der Waals surface area contributed by atoms with Gasteiger partial charge in [-0.15, -0.1) is 0 Å². The smallest absolute Gasteiger partial charge is 0.311 e. The topological polar surface area (TPSA) is 80.1 Å². The highest BCUT2D eigenvalue weighted by Crippen LogP contribution is 2.27. The fourth-order valence-corrected chi connectivity index (χ4v) is 1.60. The third kappa shape index (κ3) is 2.98. The van der Waals surface area contributed by atoms with Crippen molar-refractivity contribution in [2.45, 2.75) is 6.92 Å². The Labute approximate surface area is 110 Å². The number of nitro groups is 1. The first-order valence-electron chi connectivity index (χ1n) is 5.77. The summed E-state index contributed by atoms with van der Waals surface area (Å²) in [4.78, 5) is 14.7. The predicted molar refractivity (Wildman–Crippen MR) is 74.9 cm³/mol. The maximum atomic E-state index is 11.0. The van der Waals surface area contributed by atoms with Crippen molar-refractivity contribution in [2.75, 3.05) is 17.7 Å². The van der Waals surface area contributed by atoms with Crippen LogP contribution < -0.4 is 10.6 Å². The minimum Gasteiger partial charge on any atom is -0.373 e. The van der Waals surface area contributed by atoms with E-state index in [-0.39, 0.29) is 11.5 Å². The second kappa shape index (κ2) is 5.34. The highest BCUT2D eigenvalue weighted by Gasteiger charge is 2.15. The van der Waals surface area contributed by atoms with E-state index in [0.29, 0.717) is 5.82 Å². The van der Waals surface area contributed by atoms with Gasteiger partial charge in [-0.25, -0.2) is 4.98 Å². The fourth-order valence-electron chi connectivity index (χ4n) is 1.60. The molecule has 0 saturated carbocycles. The van der Waals surface area contributed by atoms with Crippen LogP contribution in [0.25, 0.3) is 0 Å². The summed E-state index contributed by atoms with van der Waals surface area (Å²) < 4.78 is 0. The van der Waals surface area contributed by atoms with E-state index in [1.54, 1.807) is 13.1 Å². The fraction of sp³-hybridized carbons (Fsp3) is 0.154. The molecule has 2 N–H and O–H groups in total. The standard InChI is InChI=1S/C13H14N4O2/c1-9-3-5-10(6-4-9)15-13-11(17(18)19)7-8-12(14-2)16-13/h3-8H,1-2H3,(H2,14,15,16). The summed E-state index contributed by atoms with van der Waals surface area (Å²) in [6.07, 6.45) is 0. The summed E-state index contributed by atoms with van der Waals surface area (Å²) in [5.41, 5.74) is 1.83. The summed E-state index contributed by atoms with van der Waals surface area (Å²) in [6, 6.07) is 10.6. The molecule has 2 rings (SSSR count). The first-order chi connectivity index (χ1) is 9.10. The number of hydrogen-bond acceptors (Lipinski definition) is 5. The largest absolute Gasteiger partial charge is 0.373 e. The van der Waals surface area contributed by atoms with Crippen molar-refractivity contribution in [3.63, 3.8) is 0 Å². The van der Waals surface area contributed by atoms with Gasteiger partial charge in [-0.3, -0.25) is 10.1 Å². The van der Waals surface area contributed by atoms with Gasteiger partial charge in [0.25, 0.3) is 0 Å². The first kappa shape index (κ1) is 12.8. The molecule has 6 heteroatoms. The van der Waals surface area contributed by atoms with E-state index in [1.165, 1.54) is 6.07 Å². The summed E-state index contributed by atoms with van der Waals surface area (Å²) in [5.74, 6) is 0.793. The van der Waals surface area contributed by atoms with E-state index in [2.05, 4.69) is 15.6 Å². The molecule has 0 unspecified atom stereocenters. The van der Waals surface area contributed by atoms with Gasteiger partial charge in [-0.1, -0.05) is 17.7 Å². The molecular weight excluding hydrogens is 244 g/mol. The van der Waals surface area contributed by atoms with Crippen LogP contribution in [0.3, 0.4) is 0 Å². The van der Waals surface area contributed by atoms with Crippen molar-refractivity contribution in [3.8, 4) is 0 Å². The van der Waals surface area contributed by atoms with Gasteiger partial charge in [0.05, 0.1) is 4.92 Å². The molecule has 0 atom stereocenters. The molecule has 1 aromatic carbocycles. The average molecular weight is 258 g/mol. The molecule has 1 heterocycles. The second-order valence-electron chi connectivity index (χ2n) is 4.06.